The van der Waals surface area contributed by atoms with Gasteiger partial charge in [-0.05, 0) is 24.1 Å². The number of aliphatic hydroxyl groups is 1. The van der Waals surface area contributed by atoms with Gasteiger partial charge in [0.25, 0.3) is 0 Å². The second-order valence-corrected chi connectivity index (χ2v) is 5.59. The lowest BCUT2D eigenvalue weighted by Crippen LogP contribution is -2.48. The Balaban J connectivity index is 1.81. The van der Waals surface area contributed by atoms with Gasteiger partial charge in [-0.1, -0.05) is 36.4 Å². The Bertz CT molecular complexity index is 607. The standard InChI is InChI=1S/C18H23N3O3/c22-17(13-19-11-9-15-8-4-5-10-20-15)16(21-18(23)24)12-14-6-2-1-3-7-14/h1-8,10,16-17,19,21-22H,9,11-13H2,(H,23,24)/t16-,17-/m0/s1. The van der Waals surface area contributed by atoms with Gasteiger partial charge in [-0.15, -0.1) is 0 Å². The number of hydrogen-bond donors (Lipinski definition) is 4. The number of benzene rings is 1. The summed E-state index contributed by atoms with van der Waals surface area (Å²) in [6, 6.07) is 14.7. The van der Waals surface area contributed by atoms with E-state index in [0.29, 0.717) is 19.5 Å². The highest BCUT2D eigenvalue weighted by molar-refractivity contribution is 5.65. The second kappa shape index (κ2) is 9.64. The molecule has 1 amide bonds. The van der Waals surface area contributed by atoms with Crippen molar-refractivity contribution < 1.29 is 15.0 Å². The molecule has 1 aromatic heterocycles. The fourth-order valence-corrected chi connectivity index (χ4v) is 2.46. The van der Waals surface area contributed by atoms with E-state index in [1.807, 2.05) is 48.5 Å². The van der Waals surface area contributed by atoms with Crippen molar-refractivity contribution in [3.8, 4) is 0 Å². The molecule has 0 saturated carbocycles. The molecule has 2 rings (SSSR count). The minimum atomic E-state index is -1.14. The lowest BCUT2D eigenvalue weighted by Gasteiger charge is -2.23. The number of amides is 1. The van der Waals surface area contributed by atoms with E-state index in [4.69, 9.17) is 5.11 Å². The summed E-state index contributed by atoms with van der Waals surface area (Å²) in [7, 11) is 0. The molecule has 128 valence electrons. The zero-order valence-corrected chi connectivity index (χ0v) is 13.4. The fourth-order valence-electron chi connectivity index (χ4n) is 2.46. The highest BCUT2D eigenvalue weighted by Crippen LogP contribution is 2.06. The summed E-state index contributed by atoms with van der Waals surface area (Å²) in [6.07, 6.45) is 0.990. The van der Waals surface area contributed by atoms with Gasteiger partial charge in [-0.2, -0.15) is 0 Å². The first-order valence-corrected chi connectivity index (χ1v) is 7.97. The quantitative estimate of drug-likeness (QED) is 0.523. The summed E-state index contributed by atoms with van der Waals surface area (Å²) >= 11 is 0. The van der Waals surface area contributed by atoms with Crippen LogP contribution in [-0.4, -0.2) is 46.5 Å². The minimum absolute atomic E-state index is 0.310. The average molecular weight is 329 g/mol. The molecular weight excluding hydrogens is 306 g/mol. The molecule has 0 aliphatic heterocycles. The van der Waals surface area contributed by atoms with Crippen LogP contribution in [0.2, 0.25) is 0 Å². The summed E-state index contributed by atoms with van der Waals surface area (Å²) in [5.74, 6) is 0. The molecule has 2 aromatic rings. The number of carboxylic acid groups (broad SMARTS) is 1. The van der Waals surface area contributed by atoms with Gasteiger partial charge < -0.3 is 20.8 Å². The van der Waals surface area contributed by atoms with E-state index in [1.165, 1.54) is 0 Å². The number of nitrogens with zero attached hydrogens (tertiary/aromatic N) is 1. The van der Waals surface area contributed by atoms with Crippen molar-refractivity contribution in [1.82, 2.24) is 15.6 Å². The topological polar surface area (TPSA) is 94.5 Å². The Morgan fingerprint density at radius 2 is 1.88 bits per heavy atom. The van der Waals surface area contributed by atoms with E-state index >= 15 is 0 Å². The Morgan fingerprint density at radius 1 is 1.12 bits per heavy atom. The third-order valence-electron chi connectivity index (χ3n) is 3.71. The first-order chi connectivity index (χ1) is 11.6. The summed E-state index contributed by atoms with van der Waals surface area (Å²) < 4.78 is 0. The molecule has 0 radical (unpaired) electrons. The zero-order chi connectivity index (χ0) is 17.2. The van der Waals surface area contributed by atoms with Crippen molar-refractivity contribution in [2.24, 2.45) is 0 Å². The Labute approximate surface area is 141 Å². The van der Waals surface area contributed by atoms with Crippen LogP contribution in [0, 0.1) is 0 Å². The second-order valence-electron chi connectivity index (χ2n) is 5.59. The Kier molecular flexibility index (Phi) is 7.20. The van der Waals surface area contributed by atoms with Gasteiger partial charge >= 0.3 is 6.09 Å². The molecule has 0 fully saturated rings. The molecule has 2 atom stereocenters. The normalized spacial score (nSPS) is 13.2. The van der Waals surface area contributed by atoms with Crippen LogP contribution >= 0.6 is 0 Å². The summed E-state index contributed by atoms with van der Waals surface area (Å²) in [5.41, 5.74) is 1.95. The van der Waals surface area contributed by atoms with E-state index in [-0.39, 0.29) is 0 Å². The average Bonchev–Trinajstić information content (AvgIpc) is 2.59. The number of carbonyl (C=O) groups is 1. The van der Waals surface area contributed by atoms with Crippen LogP contribution in [-0.2, 0) is 12.8 Å². The Morgan fingerprint density at radius 3 is 2.54 bits per heavy atom. The van der Waals surface area contributed by atoms with Crippen molar-refractivity contribution in [3.05, 3.63) is 66.0 Å². The number of aromatic nitrogens is 1. The summed E-state index contributed by atoms with van der Waals surface area (Å²) in [6.45, 7) is 0.976. The molecule has 0 saturated heterocycles. The van der Waals surface area contributed by atoms with Gasteiger partial charge in [0.15, 0.2) is 0 Å². The molecule has 1 aromatic carbocycles. The van der Waals surface area contributed by atoms with Gasteiger partial charge in [-0.25, -0.2) is 4.79 Å². The third kappa shape index (κ3) is 6.36. The van der Waals surface area contributed by atoms with Gasteiger partial charge in [0.2, 0.25) is 0 Å². The maximum absolute atomic E-state index is 11.0. The van der Waals surface area contributed by atoms with Crippen molar-refractivity contribution in [3.63, 3.8) is 0 Å². The molecule has 0 aliphatic rings. The molecule has 0 spiro atoms. The number of nitrogens with one attached hydrogen (secondary N) is 2. The van der Waals surface area contributed by atoms with E-state index < -0.39 is 18.2 Å². The maximum Gasteiger partial charge on any atom is 0.404 e. The number of pyridine rings is 1. The van der Waals surface area contributed by atoms with E-state index in [0.717, 1.165) is 17.7 Å². The van der Waals surface area contributed by atoms with E-state index in [2.05, 4.69) is 15.6 Å². The molecule has 6 nitrogen and oxygen atoms in total. The molecule has 0 aliphatic carbocycles. The molecule has 0 unspecified atom stereocenters. The highest BCUT2D eigenvalue weighted by Gasteiger charge is 2.21. The van der Waals surface area contributed by atoms with E-state index in [9.17, 15) is 9.90 Å². The Hall–Kier alpha value is -2.44. The predicted octanol–water partition coefficient (Wildman–Crippen LogP) is 1.45. The number of rotatable bonds is 9. The van der Waals surface area contributed by atoms with Crippen molar-refractivity contribution in [1.29, 1.82) is 0 Å². The monoisotopic (exact) mass is 329 g/mol. The van der Waals surface area contributed by atoms with Crippen LogP contribution in [0.1, 0.15) is 11.3 Å². The third-order valence-corrected chi connectivity index (χ3v) is 3.71. The van der Waals surface area contributed by atoms with E-state index in [1.54, 1.807) is 6.20 Å². The lowest BCUT2D eigenvalue weighted by atomic mass is 10.0. The van der Waals surface area contributed by atoms with Gasteiger partial charge in [0.1, 0.15) is 0 Å². The molecule has 0 bridgehead atoms. The number of aliphatic hydroxyl groups excluding tert-OH is 1. The maximum atomic E-state index is 11.0. The molecule has 1 heterocycles. The van der Waals surface area contributed by atoms with Crippen LogP contribution < -0.4 is 10.6 Å². The number of hydrogen-bond acceptors (Lipinski definition) is 4. The lowest BCUT2D eigenvalue weighted by molar-refractivity contribution is 0.118. The van der Waals surface area contributed by atoms with Crippen LogP contribution in [0.25, 0.3) is 0 Å². The van der Waals surface area contributed by atoms with Crippen LogP contribution in [0.3, 0.4) is 0 Å². The van der Waals surface area contributed by atoms with Crippen LogP contribution in [0.4, 0.5) is 4.79 Å². The van der Waals surface area contributed by atoms with Crippen LogP contribution in [0.5, 0.6) is 0 Å². The minimum Gasteiger partial charge on any atom is -0.465 e. The molecule has 4 N–H and O–H groups in total. The van der Waals surface area contributed by atoms with Gasteiger partial charge in [0, 0.05) is 31.4 Å². The first kappa shape index (κ1) is 17.9. The summed E-state index contributed by atoms with van der Waals surface area (Å²) in [5, 5.41) is 24.8. The smallest absolute Gasteiger partial charge is 0.404 e. The highest BCUT2D eigenvalue weighted by atomic mass is 16.4. The molecule has 24 heavy (non-hydrogen) atoms. The van der Waals surface area contributed by atoms with Crippen molar-refractivity contribution in [2.75, 3.05) is 13.1 Å². The molecular formula is C18H23N3O3. The van der Waals surface area contributed by atoms with Gasteiger partial charge in [-0.3, -0.25) is 4.98 Å². The zero-order valence-electron chi connectivity index (χ0n) is 13.4. The first-order valence-electron chi connectivity index (χ1n) is 7.97. The van der Waals surface area contributed by atoms with Crippen molar-refractivity contribution >= 4 is 6.09 Å². The predicted molar refractivity (Wildman–Crippen MR) is 91.9 cm³/mol. The van der Waals surface area contributed by atoms with Gasteiger partial charge in [0.05, 0.1) is 12.1 Å². The SMILES string of the molecule is O=C(O)N[C@@H](Cc1ccccc1)[C@@H](O)CNCCc1ccccn1. The summed E-state index contributed by atoms with van der Waals surface area (Å²) in [4.78, 5) is 15.2. The van der Waals surface area contributed by atoms with Crippen molar-refractivity contribution in [2.45, 2.75) is 25.0 Å². The fraction of sp³-hybridized carbons (Fsp3) is 0.333. The molecule has 6 heteroatoms. The largest absolute Gasteiger partial charge is 0.465 e. The van der Waals surface area contributed by atoms with Crippen LogP contribution in [0.15, 0.2) is 54.7 Å².